The Kier molecular flexibility index (Phi) is 6.45. The molecule has 2 N–H and O–H groups in total. The molecular formula is C17H21N5O5S2. The van der Waals surface area contributed by atoms with Gasteiger partial charge in [-0.15, -0.1) is 11.3 Å². The number of aryl methyl sites for hydroxylation is 1. The molecule has 3 heterocycles. The lowest BCUT2D eigenvalue weighted by atomic mass is 10.2. The highest BCUT2D eigenvalue weighted by molar-refractivity contribution is 7.88. The highest BCUT2D eigenvalue weighted by Crippen LogP contribution is 2.18. The van der Waals surface area contributed by atoms with Crippen LogP contribution in [0, 0.1) is 0 Å². The standard InChI is InChI=1S/C17H21N5O5S2/c1-29(26,27)22-9-7-21(8-10-22)14(23)5-4-12-11-28-17(19-12)20-16(25)13-3-2-6-18-15(13)24/h2-3,6,11H,4-5,7-10H2,1H3,(H,18,24)(H,19,20,25). The van der Waals surface area contributed by atoms with E-state index in [2.05, 4.69) is 15.3 Å². The van der Waals surface area contributed by atoms with Gasteiger partial charge in [0.05, 0.1) is 11.9 Å². The zero-order valence-electron chi connectivity index (χ0n) is 15.8. The summed E-state index contributed by atoms with van der Waals surface area (Å²) in [6.07, 6.45) is 3.26. The number of nitrogens with one attached hydrogen (secondary N) is 2. The van der Waals surface area contributed by atoms with Crippen LogP contribution in [0.3, 0.4) is 0 Å². The number of pyridine rings is 1. The number of amides is 2. The molecule has 1 saturated heterocycles. The van der Waals surface area contributed by atoms with Gasteiger partial charge in [0, 0.05) is 44.2 Å². The third kappa shape index (κ3) is 5.49. The van der Waals surface area contributed by atoms with Crippen LogP contribution in [0.2, 0.25) is 0 Å². The fourth-order valence-corrected chi connectivity index (χ4v) is 4.47. The number of piperazine rings is 1. The Morgan fingerprint density at radius 2 is 2.00 bits per heavy atom. The van der Waals surface area contributed by atoms with Crippen molar-refractivity contribution in [1.29, 1.82) is 0 Å². The van der Waals surface area contributed by atoms with Crippen molar-refractivity contribution < 1.29 is 18.0 Å². The number of hydrogen-bond donors (Lipinski definition) is 2. The second kappa shape index (κ2) is 8.84. The Hall–Kier alpha value is -2.57. The summed E-state index contributed by atoms with van der Waals surface area (Å²) in [6.45, 7) is 1.35. The largest absolute Gasteiger partial charge is 0.340 e. The van der Waals surface area contributed by atoms with E-state index in [1.54, 1.807) is 16.3 Å². The van der Waals surface area contributed by atoms with Crippen molar-refractivity contribution in [3.63, 3.8) is 0 Å². The van der Waals surface area contributed by atoms with Crippen molar-refractivity contribution in [1.82, 2.24) is 19.2 Å². The Balaban J connectivity index is 1.49. The average molecular weight is 440 g/mol. The summed E-state index contributed by atoms with van der Waals surface area (Å²) >= 11 is 1.22. The summed E-state index contributed by atoms with van der Waals surface area (Å²) in [6, 6.07) is 2.98. The Morgan fingerprint density at radius 3 is 2.66 bits per heavy atom. The third-order valence-corrected chi connectivity index (χ3v) is 6.60. The zero-order valence-corrected chi connectivity index (χ0v) is 17.4. The molecule has 0 atom stereocenters. The van der Waals surface area contributed by atoms with Gasteiger partial charge in [0.2, 0.25) is 15.9 Å². The minimum atomic E-state index is -3.23. The maximum Gasteiger partial charge on any atom is 0.263 e. The van der Waals surface area contributed by atoms with Crippen LogP contribution in [0.1, 0.15) is 22.5 Å². The van der Waals surface area contributed by atoms with Crippen molar-refractivity contribution in [3.8, 4) is 0 Å². The first kappa shape index (κ1) is 21.1. The number of sulfonamides is 1. The Labute approximate surface area is 171 Å². The quantitative estimate of drug-likeness (QED) is 0.657. The van der Waals surface area contributed by atoms with Crippen molar-refractivity contribution in [2.75, 3.05) is 37.8 Å². The number of aromatic nitrogens is 2. The smallest absolute Gasteiger partial charge is 0.263 e. The van der Waals surface area contributed by atoms with E-state index in [9.17, 15) is 22.8 Å². The molecule has 2 aromatic heterocycles. The van der Waals surface area contributed by atoms with Gasteiger partial charge >= 0.3 is 0 Å². The maximum absolute atomic E-state index is 12.4. The summed E-state index contributed by atoms with van der Waals surface area (Å²) in [7, 11) is -3.23. The van der Waals surface area contributed by atoms with E-state index in [-0.39, 0.29) is 17.9 Å². The predicted molar refractivity (Wildman–Crippen MR) is 108 cm³/mol. The lowest BCUT2D eigenvalue weighted by Crippen LogP contribution is -2.50. The molecule has 3 rings (SSSR count). The van der Waals surface area contributed by atoms with Gasteiger partial charge in [0.1, 0.15) is 5.56 Å². The number of rotatable bonds is 6. The van der Waals surface area contributed by atoms with E-state index in [0.29, 0.717) is 43.4 Å². The lowest BCUT2D eigenvalue weighted by Gasteiger charge is -2.33. The summed E-state index contributed by atoms with van der Waals surface area (Å²) in [5.41, 5.74) is 0.173. The SMILES string of the molecule is CS(=O)(=O)N1CCN(C(=O)CCc2csc(NC(=O)c3ccc[nH]c3=O)n2)CC1. The van der Waals surface area contributed by atoms with Crippen molar-refractivity contribution >= 4 is 38.3 Å². The van der Waals surface area contributed by atoms with Gasteiger partial charge in [-0.25, -0.2) is 13.4 Å². The fourth-order valence-electron chi connectivity index (χ4n) is 2.91. The molecule has 0 radical (unpaired) electrons. The van der Waals surface area contributed by atoms with Crippen LogP contribution in [-0.2, 0) is 21.2 Å². The minimum Gasteiger partial charge on any atom is -0.340 e. The molecule has 1 fully saturated rings. The van der Waals surface area contributed by atoms with Gasteiger partial charge < -0.3 is 9.88 Å². The summed E-state index contributed by atoms with van der Waals surface area (Å²) in [5, 5.41) is 4.68. The molecule has 1 aliphatic heterocycles. The van der Waals surface area contributed by atoms with Crippen LogP contribution < -0.4 is 10.9 Å². The first-order chi connectivity index (χ1) is 13.7. The van der Waals surface area contributed by atoms with Gasteiger partial charge in [-0.3, -0.25) is 19.7 Å². The van der Waals surface area contributed by atoms with Crippen molar-refractivity contribution in [3.05, 3.63) is 45.3 Å². The highest BCUT2D eigenvalue weighted by Gasteiger charge is 2.25. The average Bonchev–Trinajstić information content (AvgIpc) is 3.13. The topological polar surface area (TPSA) is 133 Å². The van der Waals surface area contributed by atoms with Gasteiger partial charge in [0.25, 0.3) is 11.5 Å². The van der Waals surface area contributed by atoms with Crippen LogP contribution in [0.4, 0.5) is 5.13 Å². The van der Waals surface area contributed by atoms with Gasteiger partial charge in [0.15, 0.2) is 5.13 Å². The first-order valence-corrected chi connectivity index (χ1v) is 11.6. The second-order valence-electron chi connectivity index (χ2n) is 6.55. The molecule has 156 valence electrons. The predicted octanol–water partition coefficient (Wildman–Crippen LogP) is 0.120. The molecule has 2 aromatic rings. The number of nitrogens with zero attached hydrogens (tertiary/aromatic N) is 3. The molecule has 0 aromatic carbocycles. The molecule has 10 nitrogen and oxygen atoms in total. The Bertz CT molecular complexity index is 1050. The van der Waals surface area contributed by atoms with Crippen LogP contribution in [0.15, 0.2) is 28.5 Å². The Morgan fingerprint density at radius 1 is 1.28 bits per heavy atom. The van der Waals surface area contributed by atoms with Crippen LogP contribution >= 0.6 is 11.3 Å². The number of aromatic amines is 1. The lowest BCUT2D eigenvalue weighted by molar-refractivity contribution is -0.132. The molecule has 0 saturated carbocycles. The van der Waals surface area contributed by atoms with Gasteiger partial charge in [-0.05, 0) is 18.6 Å². The number of thiazole rings is 1. The molecular weight excluding hydrogens is 418 g/mol. The van der Waals surface area contributed by atoms with Crippen LogP contribution in [0.25, 0.3) is 0 Å². The number of anilines is 1. The minimum absolute atomic E-state index is 0.00679. The van der Waals surface area contributed by atoms with Crippen LogP contribution in [0.5, 0.6) is 0 Å². The summed E-state index contributed by atoms with van der Waals surface area (Å²) in [4.78, 5) is 44.5. The molecule has 29 heavy (non-hydrogen) atoms. The monoisotopic (exact) mass is 439 g/mol. The van der Waals surface area contributed by atoms with E-state index in [4.69, 9.17) is 0 Å². The molecule has 1 aliphatic rings. The number of carbonyl (C=O) groups excluding carboxylic acids is 2. The molecule has 0 spiro atoms. The highest BCUT2D eigenvalue weighted by atomic mass is 32.2. The summed E-state index contributed by atoms with van der Waals surface area (Å²) in [5.74, 6) is -0.611. The van der Waals surface area contributed by atoms with Crippen molar-refractivity contribution in [2.24, 2.45) is 0 Å². The second-order valence-corrected chi connectivity index (χ2v) is 9.39. The fraction of sp³-hybridized carbons (Fsp3) is 0.412. The molecule has 2 amide bonds. The van der Waals surface area contributed by atoms with E-state index in [1.807, 2.05) is 0 Å². The normalized spacial score (nSPS) is 15.3. The van der Waals surface area contributed by atoms with Gasteiger partial charge in [-0.2, -0.15) is 4.31 Å². The van der Waals surface area contributed by atoms with E-state index < -0.39 is 21.5 Å². The third-order valence-electron chi connectivity index (χ3n) is 4.49. The molecule has 0 aliphatic carbocycles. The zero-order chi connectivity index (χ0) is 21.0. The van der Waals surface area contributed by atoms with E-state index >= 15 is 0 Å². The molecule has 12 heteroatoms. The van der Waals surface area contributed by atoms with Crippen LogP contribution in [-0.4, -0.2) is 71.8 Å². The molecule has 0 unspecified atom stereocenters. The molecule has 0 bridgehead atoms. The van der Waals surface area contributed by atoms with Crippen molar-refractivity contribution in [2.45, 2.75) is 12.8 Å². The van der Waals surface area contributed by atoms with E-state index in [1.165, 1.54) is 27.9 Å². The number of carbonyl (C=O) groups is 2. The number of H-pyrrole nitrogens is 1. The number of hydrogen-bond acceptors (Lipinski definition) is 7. The van der Waals surface area contributed by atoms with Gasteiger partial charge in [-0.1, -0.05) is 0 Å². The summed E-state index contributed by atoms with van der Waals surface area (Å²) < 4.78 is 24.4. The maximum atomic E-state index is 12.4. The first-order valence-electron chi connectivity index (χ1n) is 8.90. The van der Waals surface area contributed by atoms with E-state index in [0.717, 1.165) is 6.26 Å².